The lowest BCUT2D eigenvalue weighted by molar-refractivity contribution is 0.823. The van der Waals surface area contributed by atoms with Gasteiger partial charge >= 0.3 is 0 Å². The Bertz CT molecular complexity index is 646. The van der Waals surface area contributed by atoms with Gasteiger partial charge in [0.2, 0.25) is 0 Å². The number of fused-ring (bicyclic) bond motifs is 1. The van der Waals surface area contributed by atoms with E-state index in [1.165, 1.54) is 22.2 Å². The zero-order valence-corrected chi connectivity index (χ0v) is 12.0. The molecule has 2 rings (SSSR count). The second-order valence-corrected chi connectivity index (χ2v) is 4.58. The van der Waals surface area contributed by atoms with Crippen molar-refractivity contribution in [1.29, 1.82) is 0 Å². The van der Waals surface area contributed by atoms with Crippen LogP contribution < -0.4 is 10.6 Å². The van der Waals surface area contributed by atoms with E-state index in [1.54, 1.807) is 7.05 Å². The van der Waals surface area contributed by atoms with E-state index in [-0.39, 0.29) is 0 Å². The topological polar surface area (TPSA) is 52.2 Å². The zero-order valence-electron chi connectivity index (χ0n) is 12.0. The lowest BCUT2D eigenvalue weighted by Crippen LogP contribution is -2.38. The van der Waals surface area contributed by atoms with Gasteiger partial charge in [-0.15, -0.1) is 6.42 Å². The summed E-state index contributed by atoms with van der Waals surface area (Å²) in [6.45, 7) is 3.40. The third-order valence-electron chi connectivity index (χ3n) is 3.28. The van der Waals surface area contributed by atoms with E-state index in [2.05, 4.69) is 51.7 Å². The molecule has 0 saturated carbocycles. The number of nitrogens with zero attached hydrogens (tertiary/aromatic N) is 1. The Morgan fingerprint density at radius 1 is 1.35 bits per heavy atom. The smallest absolute Gasteiger partial charge is 0.191 e. The molecule has 104 valence electrons. The quantitative estimate of drug-likeness (QED) is 0.450. The SMILES string of the molecule is C#CCNC(=NC)NCCc1c(C)[nH]c2ccccc12. The second kappa shape index (κ2) is 6.67. The molecule has 0 atom stereocenters. The maximum Gasteiger partial charge on any atom is 0.191 e. The Morgan fingerprint density at radius 3 is 2.90 bits per heavy atom. The fourth-order valence-electron chi connectivity index (χ4n) is 2.32. The highest BCUT2D eigenvalue weighted by Gasteiger charge is 2.07. The van der Waals surface area contributed by atoms with E-state index in [9.17, 15) is 0 Å². The fraction of sp³-hybridized carbons (Fsp3) is 0.312. The molecular formula is C16H20N4. The molecule has 0 aliphatic heterocycles. The molecule has 1 heterocycles. The molecule has 0 amide bonds. The number of guanidine groups is 1. The van der Waals surface area contributed by atoms with Crippen LogP contribution in [0.25, 0.3) is 10.9 Å². The average molecular weight is 268 g/mol. The number of aliphatic imine (C=N–C) groups is 1. The van der Waals surface area contributed by atoms with Crippen LogP contribution in [0.1, 0.15) is 11.3 Å². The lowest BCUT2D eigenvalue weighted by atomic mass is 10.1. The number of benzene rings is 1. The van der Waals surface area contributed by atoms with Crippen molar-refractivity contribution in [2.75, 3.05) is 20.1 Å². The Labute approximate surface area is 119 Å². The number of aromatic amines is 1. The molecule has 0 bridgehead atoms. The van der Waals surface area contributed by atoms with Gasteiger partial charge in [-0.2, -0.15) is 0 Å². The summed E-state index contributed by atoms with van der Waals surface area (Å²) in [6, 6.07) is 8.37. The molecule has 1 aromatic carbocycles. The highest BCUT2D eigenvalue weighted by atomic mass is 15.2. The molecule has 0 unspecified atom stereocenters. The van der Waals surface area contributed by atoms with Crippen LogP contribution >= 0.6 is 0 Å². The average Bonchev–Trinajstić information content (AvgIpc) is 2.78. The number of terminal acetylenes is 1. The van der Waals surface area contributed by atoms with E-state index >= 15 is 0 Å². The summed E-state index contributed by atoms with van der Waals surface area (Å²) >= 11 is 0. The first-order valence-electron chi connectivity index (χ1n) is 6.70. The number of para-hydroxylation sites is 1. The summed E-state index contributed by atoms with van der Waals surface area (Å²) < 4.78 is 0. The van der Waals surface area contributed by atoms with Crippen LogP contribution in [0.15, 0.2) is 29.3 Å². The first-order chi connectivity index (χ1) is 9.76. The van der Waals surface area contributed by atoms with Crippen molar-refractivity contribution in [3.8, 4) is 12.3 Å². The van der Waals surface area contributed by atoms with Gasteiger partial charge in [0.15, 0.2) is 5.96 Å². The van der Waals surface area contributed by atoms with Crippen molar-refractivity contribution in [3.63, 3.8) is 0 Å². The number of nitrogens with one attached hydrogen (secondary N) is 3. The van der Waals surface area contributed by atoms with Crippen LogP contribution in [-0.4, -0.2) is 31.1 Å². The van der Waals surface area contributed by atoms with Crippen LogP contribution in [-0.2, 0) is 6.42 Å². The van der Waals surface area contributed by atoms with Crippen molar-refractivity contribution >= 4 is 16.9 Å². The van der Waals surface area contributed by atoms with E-state index in [0.717, 1.165) is 18.9 Å². The molecule has 0 saturated heterocycles. The van der Waals surface area contributed by atoms with Crippen molar-refractivity contribution < 1.29 is 0 Å². The largest absolute Gasteiger partial charge is 0.358 e. The van der Waals surface area contributed by atoms with Gasteiger partial charge in [-0.05, 0) is 25.0 Å². The van der Waals surface area contributed by atoms with Crippen molar-refractivity contribution in [3.05, 3.63) is 35.5 Å². The Balaban J connectivity index is 1.99. The molecule has 0 aliphatic carbocycles. The van der Waals surface area contributed by atoms with Gasteiger partial charge in [-0.3, -0.25) is 4.99 Å². The molecule has 20 heavy (non-hydrogen) atoms. The number of rotatable bonds is 4. The van der Waals surface area contributed by atoms with Crippen molar-refractivity contribution in [2.24, 2.45) is 4.99 Å². The standard InChI is InChI=1S/C16H20N4/c1-4-10-18-16(17-3)19-11-9-13-12(2)20-15-8-6-5-7-14(13)15/h1,5-8,20H,9-11H2,2-3H3,(H2,17,18,19). The predicted octanol–water partition coefficient (Wildman–Crippen LogP) is 1.82. The predicted molar refractivity (Wildman–Crippen MR) is 84.9 cm³/mol. The maximum atomic E-state index is 5.22. The van der Waals surface area contributed by atoms with E-state index in [1.807, 2.05) is 6.07 Å². The molecule has 0 aliphatic rings. The molecule has 1 aromatic heterocycles. The molecule has 0 spiro atoms. The van der Waals surface area contributed by atoms with Gasteiger partial charge in [-0.1, -0.05) is 24.1 Å². The first kappa shape index (κ1) is 14.0. The summed E-state index contributed by atoms with van der Waals surface area (Å²) in [5, 5.41) is 7.60. The number of aromatic nitrogens is 1. The Kier molecular flexibility index (Phi) is 4.67. The Hall–Kier alpha value is -2.41. The van der Waals surface area contributed by atoms with Gasteiger partial charge in [0.25, 0.3) is 0 Å². The fourth-order valence-corrected chi connectivity index (χ4v) is 2.32. The van der Waals surface area contributed by atoms with Gasteiger partial charge < -0.3 is 15.6 Å². The maximum absolute atomic E-state index is 5.22. The van der Waals surface area contributed by atoms with Gasteiger partial charge in [0, 0.05) is 30.2 Å². The minimum absolute atomic E-state index is 0.478. The molecule has 2 aromatic rings. The molecule has 0 radical (unpaired) electrons. The second-order valence-electron chi connectivity index (χ2n) is 4.58. The van der Waals surface area contributed by atoms with Crippen LogP contribution in [0.2, 0.25) is 0 Å². The third kappa shape index (κ3) is 3.12. The van der Waals surface area contributed by atoms with Gasteiger partial charge in [0.1, 0.15) is 0 Å². The van der Waals surface area contributed by atoms with Crippen LogP contribution in [0.5, 0.6) is 0 Å². The number of hydrogen-bond acceptors (Lipinski definition) is 1. The summed E-state index contributed by atoms with van der Waals surface area (Å²) in [7, 11) is 1.74. The number of hydrogen-bond donors (Lipinski definition) is 3. The Morgan fingerprint density at radius 2 is 2.15 bits per heavy atom. The minimum atomic E-state index is 0.478. The highest BCUT2D eigenvalue weighted by molar-refractivity contribution is 5.84. The van der Waals surface area contributed by atoms with E-state index < -0.39 is 0 Å². The summed E-state index contributed by atoms with van der Waals surface area (Å²) in [4.78, 5) is 7.53. The third-order valence-corrected chi connectivity index (χ3v) is 3.28. The first-order valence-corrected chi connectivity index (χ1v) is 6.70. The summed E-state index contributed by atoms with van der Waals surface area (Å²) in [5.74, 6) is 3.27. The summed E-state index contributed by atoms with van der Waals surface area (Å²) in [5.41, 5.74) is 3.76. The monoisotopic (exact) mass is 268 g/mol. The van der Waals surface area contributed by atoms with Gasteiger partial charge in [0.05, 0.1) is 6.54 Å². The van der Waals surface area contributed by atoms with Crippen LogP contribution in [0.4, 0.5) is 0 Å². The van der Waals surface area contributed by atoms with Crippen LogP contribution in [0, 0.1) is 19.3 Å². The lowest BCUT2D eigenvalue weighted by Gasteiger charge is -2.09. The van der Waals surface area contributed by atoms with E-state index in [4.69, 9.17) is 6.42 Å². The molecule has 0 fully saturated rings. The van der Waals surface area contributed by atoms with E-state index in [0.29, 0.717) is 6.54 Å². The number of H-pyrrole nitrogens is 1. The molecular weight excluding hydrogens is 248 g/mol. The molecule has 4 nitrogen and oxygen atoms in total. The normalized spacial score (nSPS) is 11.3. The number of aryl methyl sites for hydroxylation is 1. The van der Waals surface area contributed by atoms with Crippen molar-refractivity contribution in [1.82, 2.24) is 15.6 Å². The van der Waals surface area contributed by atoms with Crippen molar-refractivity contribution in [2.45, 2.75) is 13.3 Å². The van der Waals surface area contributed by atoms with Crippen LogP contribution in [0.3, 0.4) is 0 Å². The zero-order chi connectivity index (χ0) is 14.4. The highest BCUT2D eigenvalue weighted by Crippen LogP contribution is 2.21. The molecule has 3 N–H and O–H groups in total. The van der Waals surface area contributed by atoms with Gasteiger partial charge in [-0.25, -0.2) is 0 Å². The summed E-state index contributed by atoms with van der Waals surface area (Å²) in [6.07, 6.45) is 6.16. The minimum Gasteiger partial charge on any atom is -0.358 e. The molecule has 4 heteroatoms.